The Morgan fingerprint density at radius 2 is 1.66 bits per heavy atom. The highest BCUT2D eigenvalue weighted by Crippen LogP contribution is 2.13. The minimum absolute atomic E-state index is 0.0104. The molecular formula is C22H26FN3O3. The van der Waals surface area contributed by atoms with E-state index in [-0.39, 0.29) is 30.8 Å². The standard InChI is InChI=1S/C22H26FN3O3/c1-2-17-3-9-20(10-4-17)29-16-22(28)26-13-11-25(12-14-26)15-21(27)24-19-7-5-18(23)6-8-19/h3-10H,2,11-16H2,1H3,(H,24,27). The average molecular weight is 399 g/mol. The van der Waals surface area contributed by atoms with Crippen molar-refractivity contribution in [2.45, 2.75) is 13.3 Å². The summed E-state index contributed by atoms with van der Waals surface area (Å²) < 4.78 is 18.5. The van der Waals surface area contributed by atoms with Crippen LogP contribution in [-0.2, 0) is 16.0 Å². The van der Waals surface area contributed by atoms with Gasteiger partial charge in [-0.15, -0.1) is 0 Å². The van der Waals surface area contributed by atoms with Crippen LogP contribution in [0, 0.1) is 5.82 Å². The molecule has 0 radical (unpaired) electrons. The van der Waals surface area contributed by atoms with E-state index in [0.29, 0.717) is 37.6 Å². The fraction of sp³-hybridized carbons (Fsp3) is 0.364. The summed E-state index contributed by atoms with van der Waals surface area (Å²) in [6.45, 7) is 4.69. The number of halogens is 1. The van der Waals surface area contributed by atoms with Crippen LogP contribution in [0.2, 0.25) is 0 Å². The van der Waals surface area contributed by atoms with Crippen LogP contribution in [0.3, 0.4) is 0 Å². The maximum Gasteiger partial charge on any atom is 0.260 e. The minimum Gasteiger partial charge on any atom is -0.484 e. The predicted octanol–water partition coefficient (Wildman–Crippen LogP) is 2.55. The Morgan fingerprint density at radius 1 is 1.00 bits per heavy atom. The lowest BCUT2D eigenvalue weighted by molar-refractivity contribution is -0.135. The second-order valence-electron chi connectivity index (χ2n) is 7.00. The number of nitrogens with zero attached hydrogens (tertiary/aromatic N) is 2. The third kappa shape index (κ3) is 6.29. The van der Waals surface area contributed by atoms with E-state index in [0.717, 1.165) is 6.42 Å². The first-order valence-electron chi connectivity index (χ1n) is 9.81. The van der Waals surface area contributed by atoms with Crippen molar-refractivity contribution in [3.63, 3.8) is 0 Å². The van der Waals surface area contributed by atoms with E-state index in [1.165, 1.54) is 29.8 Å². The molecule has 2 amide bonds. The third-order valence-corrected chi connectivity index (χ3v) is 4.91. The van der Waals surface area contributed by atoms with Gasteiger partial charge in [-0.1, -0.05) is 19.1 Å². The van der Waals surface area contributed by atoms with Gasteiger partial charge in [-0.25, -0.2) is 4.39 Å². The van der Waals surface area contributed by atoms with Gasteiger partial charge in [0.2, 0.25) is 5.91 Å². The monoisotopic (exact) mass is 399 g/mol. The van der Waals surface area contributed by atoms with E-state index in [1.54, 1.807) is 4.90 Å². The summed E-state index contributed by atoms with van der Waals surface area (Å²) >= 11 is 0. The predicted molar refractivity (Wildman–Crippen MR) is 109 cm³/mol. The molecule has 3 rings (SSSR count). The van der Waals surface area contributed by atoms with Gasteiger partial charge in [0.15, 0.2) is 6.61 Å². The van der Waals surface area contributed by atoms with E-state index >= 15 is 0 Å². The molecule has 1 aliphatic heterocycles. The molecule has 0 spiro atoms. The molecular weight excluding hydrogens is 373 g/mol. The number of carbonyl (C=O) groups is 2. The van der Waals surface area contributed by atoms with Crippen LogP contribution < -0.4 is 10.1 Å². The first kappa shape index (κ1) is 20.8. The second kappa shape index (κ2) is 10.0. The number of carbonyl (C=O) groups excluding carboxylic acids is 2. The van der Waals surface area contributed by atoms with Gasteiger partial charge < -0.3 is 15.0 Å². The van der Waals surface area contributed by atoms with Gasteiger partial charge in [0.05, 0.1) is 6.54 Å². The number of ether oxygens (including phenoxy) is 1. The summed E-state index contributed by atoms with van der Waals surface area (Å²) in [5.74, 6) is 0.132. The molecule has 1 aliphatic rings. The molecule has 0 atom stereocenters. The highest BCUT2D eigenvalue weighted by molar-refractivity contribution is 5.92. The van der Waals surface area contributed by atoms with Crippen molar-refractivity contribution >= 4 is 17.5 Å². The SMILES string of the molecule is CCc1ccc(OCC(=O)N2CCN(CC(=O)Nc3ccc(F)cc3)CC2)cc1. The van der Waals surface area contributed by atoms with Crippen LogP contribution in [0.5, 0.6) is 5.75 Å². The zero-order valence-electron chi connectivity index (χ0n) is 16.6. The summed E-state index contributed by atoms with van der Waals surface area (Å²) in [7, 11) is 0. The van der Waals surface area contributed by atoms with Gasteiger partial charge in [-0.05, 0) is 48.4 Å². The van der Waals surface area contributed by atoms with Gasteiger partial charge in [-0.3, -0.25) is 14.5 Å². The first-order chi connectivity index (χ1) is 14.0. The Labute approximate surface area is 170 Å². The number of aryl methyl sites for hydroxylation is 1. The number of rotatable bonds is 7. The molecule has 29 heavy (non-hydrogen) atoms. The highest BCUT2D eigenvalue weighted by Gasteiger charge is 2.22. The fourth-order valence-corrected chi connectivity index (χ4v) is 3.15. The topological polar surface area (TPSA) is 61.9 Å². The summed E-state index contributed by atoms with van der Waals surface area (Å²) in [5.41, 5.74) is 1.79. The van der Waals surface area contributed by atoms with Crippen LogP contribution in [0.25, 0.3) is 0 Å². The number of hydrogen-bond acceptors (Lipinski definition) is 4. The van der Waals surface area contributed by atoms with Crippen molar-refractivity contribution in [3.8, 4) is 5.75 Å². The van der Waals surface area contributed by atoms with E-state index in [4.69, 9.17) is 4.74 Å². The highest BCUT2D eigenvalue weighted by atomic mass is 19.1. The van der Waals surface area contributed by atoms with Gasteiger partial charge in [-0.2, -0.15) is 0 Å². The quantitative estimate of drug-likeness (QED) is 0.777. The molecule has 2 aromatic carbocycles. The lowest BCUT2D eigenvalue weighted by Gasteiger charge is -2.34. The van der Waals surface area contributed by atoms with Gasteiger partial charge in [0.25, 0.3) is 5.91 Å². The molecule has 1 saturated heterocycles. The molecule has 0 unspecified atom stereocenters. The Morgan fingerprint density at radius 3 is 2.28 bits per heavy atom. The Hall–Kier alpha value is -2.93. The van der Waals surface area contributed by atoms with Crippen molar-refractivity contribution in [3.05, 3.63) is 59.9 Å². The summed E-state index contributed by atoms with van der Waals surface area (Å²) in [6, 6.07) is 13.4. The number of nitrogens with one attached hydrogen (secondary N) is 1. The summed E-state index contributed by atoms with van der Waals surface area (Å²) in [6.07, 6.45) is 0.964. The molecule has 2 aromatic rings. The van der Waals surface area contributed by atoms with Crippen LogP contribution in [0.15, 0.2) is 48.5 Å². The molecule has 6 nitrogen and oxygen atoms in total. The van der Waals surface area contributed by atoms with Gasteiger partial charge in [0.1, 0.15) is 11.6 Å². The van der Waals surface area contributed by atoms with Crippen molar-refractivity contribution in [2.24, 2.45) is 0 Å². The number of anilines is 1. The van der Waals surface area contributed by atoms with Crippen LogP contribution in [0.1, 0.15) is 12.5 Å². The molecule has 1 fully saturated rings. The number of hydrogen-bond donors (Lipinski definition) is 1. The Kier molecular flexibility index (Phi) is 7.19. The van der Waals surface area contributed by atoms with E-state index < -0.39 is 0 Å². The molecule has 0 saturated carbocycles. The number of piperazine rings is 1. The number of amides is 2. The second-order valence-corrected chi connectivity index (χ2v) is 7.00. The van der Waals surface area contributed by atoms with Crippen molar-refractivity contribution in [1.82, 2.24) is 9.80 Å². The molecule has 1 heterocycles. The van der Waals surface area contributed by atoms with Gasteiger partial charge >= 0.3 is 0 Å². The molecule has 7 heteroatoms. The van der Waals surface area contributed by atoms with E-state index in [9.17, 15) is 14.0 Å². The normalized spacial score (nSPS) is 14.5. The van der Waals surface area contributed by atoms with Crippen molar-refractivity contribution in [2.75, 3.05) is 44.6 Å². The fourth-order valence-electron chi connectivity index (χ4n) is 3.15. The van der Waals surface area contributed by atoms with Crippen LogP contribution in [0.4, 0.5) is 10.1 Å². The first-order valence-corrected chi connectivity index (χ1v) is 9.81. The molecule has 0 aromatic heterocycles. The van der Waals surface area contributed by atoms with Crippen LogP contribution >= 0.6 is 0 Å². The molecule has 0 bridgehead atoms. The smallest absolute Gasteiger partial charge is 0.260 e. The van der Waals surface area contributed by atoms with Crippen molar-refractivity contribution < 1.29 is 18.7 Å². The summed E-state index contributed by atoms with van der Waals surface area (Å²) in [5, 5.41) is 2.75. The summed E-state index contributed by atoms with van der Waals surface area (Å²) in [4.78, 5) is 28.3. The van der Waals surface area contributed by atoms with Crippen molar-refractivity contribution in [1.29, 1.82) is 0 Å². The Balaban J connectivity index is 1.38. The zero-order chi connectivity index (χ0) is 20.6. The molecule has 154 valence electrons. The third-order valence-electron chi connectivity index (χ3n) is 4.91. The molecule has 1 N–H and O–H groups in total. The minimum atomic E-state index is -0.342. The van der Waals surface area contributed by atoms with E-state index in [2.05, 4.69) is 12.2 Å². The maximum absolute atomic E-state index is 12.9. The van der Waals surface area contributed by atoms with Crippen LogP contribution in [-0.4, -0.2) is 60.9 Å². The average Bonchev–Trinajstić information content (AvgIpc) is 2.74. The maximum atomic E-state index is 12.9. The number of benzene rings is 2. The van der Waals surface area contributed by atoms with E-state index in [1.807, 2.05) is 29.2 Å². The molecule has 0 aliphatic carbocycles. The lowest BCUT2D eigenvalue weighted by atomic mass is 10.2. The zero-order valence-corrected chi connectivity index (χ0v) is 16.6. The Bertz CT molecular complexity index is 816. The largest absolute Gasteiger partial charge is 0.484 e. The van der Waals surface area contributed by atoms with Gasteiger partial charge in [0, 0.05) is 31.9 Å². The lowest BCUT2D eigenvalue weighted by Crippen LogP contribution is -2.51.